The van der Waals surface area contributed by atoms with Crippen molar-refractivity contribution in [3.05, 3.63) is 0 Å². The van der Waals surface area contributed by atoms with Crippen molar-refractivity contribution in [3.8, 4) is 0 Å². The van der Waals surface area contributed by atoms with Gasteiger partial charge in [0.15, 0.2) is 0 Å². The van der Waals surface area contributed by atoms with E-state index < -0.39 is 5.54 Å². The predicted octanol–water partition coefficient (Wildman–Crippen LogP) is 1.07. The van der Waals surface area contributed by atoms with Gasteiger partial charge in [-0.1, -0.05) is 13.8 Å². The Morgan fingerprint density at radius 2 is 1.70 bits per heavy atom. The molecule has 0 aliphatic carbocycles. The third kappa shape index (κ3) is 4.72. The average molecular weight is 285 g/mol. The molecule has 1 aliphatic heterocycles. The van der Waals surface area contributed by atoms with Crippen LogP contribution < -0.4 is 5.73 Å². The molecule has 0 saturated carbocycles. The van der Waals surface area contributed by atoms with Crippen molar-refractivity contribution in [2.45, 2.75) is 45.6 Å². The molecule has 0 radical (unpaired) electrons. The Balaban J connectivity index is 2.46. The number of nitrogens with two attached hydrogens (primary N) is 1. The number of ether oxygens (including phenoxy) is 1. The second-order valence-electron chi connectivity index (χ2n) is 5.53. The molecule has 1 amide bonds. The Bertz CT molecular complexity index is 287. The molecule has 0 unspecified atom stereocenters. The molecule has 1 rings (SSSR count). The van der Waals surface area contributed by atoms with Crippen LogP contribution in [-0.2, 0) is 9.53 Å². The van der Waals surface area contributed by atoms with Crippen molar-refractivity contribution in [2.75, 3.05) is 45.9 Å². The SMILES string of the molecule is CCN(CC)CCCN(CC)C(=O)C1(N)CCOCC1. The molecule has 1 saturated heterocycles. The number of amides is 1. The van der Waals surface area contributed by atoms with Crippen LogP contribution in [0.15, 0.2) is 0 Å². The van der Waals surface area contributed by atoms with Gasteiger partial charge in [-0.3, -0.25) is 4.79 Å². The van der Waals surface area contributed by atoms with E-state index in [4.69, 9.17) is 10.5 Å². The number of rotatable bonds is 8. The van der Waals surface area contributed by atoms with E-state index in [0.29, 0.717) is 26.1 Å². The van der Waals surface area contributed by atoms with E-state index in [9.17, 15) is 4.79 Å². The molecule has 0 aromatic rings. The van der Waals surface area contributed by atoms with Crippen LogP contribution in [0.3, 0.4) is 0 Å². The number of hydrogen-bond donors (Lipinski definition) is 1. The minimum absolute atomic E-state index is 0.0999. The highest BCUT2D eigenvalue weighted by Crippen LogP contribution is 2.20. The molecule has 0 bridgehead atoms. The van der Waals surface area contributed by atoms with Crippen LogP contribution in [0.2, 0.25) is 0 Å². The van der Waals surface area contributed by atoms with E-state index in [-0.39, 0.29) is 5.91 Å². The van der Waals surface area contributed by atoms with Crippen LogP contribution in [0.4, 0.5) is 0 Å². The van der Waals surface area contributed by atoms with Gasteiger partial charge < -0.3 is 20.3 Å². The molecule has 1 heterocycles. The van der Waals surface area contributed by atoms with E-state index >= 15 is 0 Å². The summed E-state index contributed by atoms with van der Waals surface area (Å²) >= 11 is 0. The fourth-order valence-corrected chi connectivity index (χ4v) is 2.69. The summed E-state index contributed by atoms with van der Waals surface area (Å²) in [6, 6.07) is 0. The fourth-order valence-electron chi connectivity index (χ4n) is 2.69. The molecule has 0 atom stereocenters. The second kappa shape index (κ2) is 8.60. The number of nitrogens with zero attached hydrogens (tertiary/aromatic N) is 2. The third-order valence-corrected chi connectivity index (χ3v) is 4.28. The quantitative estimate of drug-likeness (QED) is 0.725. The normalized spacial score (nSPS) is 18.2. The molecular weight excluding hydrogens is 254 g/mol. The lowest BCUT2D eigenvalue weighted by Crippen LogP contribution is -2.58. The largest absolute Gasteiger partial charge is 0.381 e. The van der Waals surface area contributed by atoms with E-state index in [1.165, 1.54) is 0 Å². The first-order valence-corrected chi connectivity index (χ1v) is 7.95. The standard InChI is InChI=1S/C15H31N3O2/c1-4-17(5-2)10-7-11-18(6-3)14(19)15(16)8-12-20-13-9-15/h4-13,16H2,1-3H3. The van der Waals surface area contributed by atoms with Crippen molar-refractivity contribution in [3.63, 3.8) is 0 Å². The minimum atomic E-state index is -0.705. The van der Waals surface area contributed by atoms with Crippen LogP contribution in [0.25, 0.3) is 0 Å². The Labute approximate surface area is 123 Å². The number of hydrogen-bond acceptors (Lipinski definition) is 4. The summed E-state index contributed by atoms with van der Waals surface area (Å²) in [5.74, 6) is 0.0999. The molecule has 0 aromatic heterocycles. The number of likely N-dealkylation sites (N-methyl/N-ethyl adjacent to an activating group) is 1. The van der Waals surface area contributed by atoms with Crippen LogP contribution in [0.5, 0.6) is 0 Å². The zero-order valence-electron chi connectivity index (χ0n) is 13.4. The zero-order valence-corrected chi connectivity index (χ0v) is 13.4. The van der Waals surface area contributed by atoms with Gasteiger partial charge in [-0.2, -0.15) is 0 Å². The first-order chi connectivity index (χ1) is 9.57. The van der Waals surface area contributed by atoms with Gasteiger partial charge in [-0.15, -0.1) is 0 Å². The topological polar surface area (TPSA) is 58.8 Å². The Morgan fingerprint density at radius 3 is 2.20 bits per heavy atom. The first kappa shape index (κ1) is 17.4. The molecule has 5 nitrogen and oxygen atoms in total. The minimum Gasteiger partial charge on any atom is -0.381 e. The van der Waals surface area contributed by atoms with Crippen LogP contribution in [-0.4, -0.2) is 67.2 Å². The summed E-state index contributed by atoms with van der Waals surface area (Å²) < 4.78 is 5.31. The Morgan fingerprint density at radius 1 is 1.10 bits per heavy atom. The van der Waals surface area contributed by atoms with E-state index in [1.807, 2.05) is 11.8 Å². The maximum absolute atomic E-state index is 12.6. The zero-order chi connectivity index (χ0) is 15.0. The monoisotopic (exact) mass is 285 g/mol. The summed E-state index contributed by atoms with van der Waals surface area (Å²) in [5, 5.41) is 0. The number of carbonyl (C=O) groups is 1. The maximum atomic E-state index is 12.6. The van der Waals surface area contributed by atoms with Crippen molar-refractivity contribution in [1.82, 2.24) is 9.80 Å². The van der Waals surface area contributed by atoms with Crippen LogP contribution in [0, 0.1) is 0 Å². The van der Waals surface area contributed by atoms with Crippen LogP contribution >= 0.6 is 0 Å². The lowest BCUT2D eigenvalue weighted by atomic mass is 9.89. The van der Waals surface area contributed by atoms with Gasteiger partial charge in [0.05, 0.1) is 5.54 Å². The second-order valence-corrected chi connectivity index (χ2v) is 5.53. The smallest absolute Gasteiger partial charge is 0.242 e. The van der Waals surface area contributed by atoms with Gasteiger partial charge in [-0.05, 0) is 45.8 Å². The van der Waals surface area contributed by atoms with Crippen LogP contribution in [0.1, 0.15) is 40.0 Å². The van der Waals surface area contributed by atoms with E-state index in [2.05, 4.69) is 18.7 Å². The van der Waals surface area contributed by atoms with Crippen molar-refractivity contribution >= 4 is 5.91 Å². The molecule has 118 valence electrons. The molecule has 20 heavy (non-hydrogen) atoms. The highest BCUT2D eigenvalue weighted by molar-refractivity contribution is 5.86. The van der Waals surface area contributed by atoms with Gasteiger partial charge in [0.2, 0.25) is 5.91 Å². The summed E-state index contributed by atoms with van der Waals surface area (Å²) in [6.07, 6.45) is 2.28. The predicted molar refractivity (Wildman–Crippen MR) is 81.6 cm³/mol. The summed E-state index contributed by atoms with van der Waals surface area (Å²) in [5.41, 5.74) is 5.58. The lowest BCUT2D eigenvalue weighted by Gasteiger charge is -2.36. The van der Waals surface area contributed by atoms with Gasteiger partial charge in [-0.25, -0.2) is 0 Å². The highest BCUT2D eigenvalue weighted by atomic mass is 16.5. The molecule has 2 N–H and O–H groups in total. The highest BCUT2D eigenvalue weighted by Gasteiger charge is 2.38. The Hall–Kier alpha value is -0.650. The summed E-state index contributed by atoms with van der Waals surface area (Å²) in [7, 11) is 0. The first-order valence-electron chi connectivity index (χ1n) is 7.95. The summed E-state index contributed by atoms with van der Waals surface area (Å²) in [6.45, 7) is 12.3. The maximum Gasteiger partial charge on any atom is 0.242 e. The molecule has 5 heteroatoms. The van der Waals surface area contributed by atoms with Gasteiger partial charge in [0.25, 0.3) is 0 Å². The molecule has 0 spiro atoms. The molecule has 1 aliphatic rings. The molecular formula is C15H31N3O2. The van der Waals surface area contributed by atoms with Crippen molar-refractivity contribution in [2.24, 2.45) is 5.73 Å². The number of carbonyl (C=O) groups excluding carboxylic acids is 1. The van der Waals surface area contributed by atoms with Gasteiger partial charge in [0.1, 0.15) is 0 Å². The third-order valence-electron chi connectivity index (χ3n) is 4.28. The van der Waals surface area contributed by atoms with Crippen molar-refractivity contribution < 1.29 is 9.53 Å². The van der Waals surface area contributed by atoms with Gasteiger partial charge in [0, 0.05) is 26.3 Å². The van der Waals surface area contributed by atoms with Gasteiger partial charge >= 0.3 is 0 Å². The fraction of sp³-hybridized carbons (Fsp3) is 0.933. The average Bonchev–Trinajstić information content (AvgIpc) is 2.48. The van der Waals surface area contributed by atoms with E-state index in [0.717, 1.165) is 39.1 Å². The lowest BCUT2D eigenvalue weighted by molar-refractivity contribution is -0.140. The van der Waals surface area contributed by atoms with Crippen molar-refractivity contribution in [1.29, 1.82) is 0 Å². The summed E-state index contributed by atoms with van der Waals surface area (Å²) in [4.78, 5) is 16.9. The molecule has 1 fully saturated rings. The molecule has 0 aromatic carbocycles. The van der Waals surface area contributed by atoms with E-state index in [1.54, 1.807) is 0 Å². The Kier molecular flexibility index (Phi) is 7.48.